The Balaban J connectivity index is 2.40. The summed E-state index contributed by atoms with van der Waals surface area (Å²) >= 11 is 5.76. The summed E-state index contributed by atoms with van der Waals surface area (Å²) in [4.78, 5) is 15.2. The minimum absolute atomic E-state index is 0.115. The number of pyridine rings is 1. The molecule has 0 atom stereocenters. The van der Waals surface area contributed by atoms with Crippen molar-refractivity contribution in [3.63, 3.8) is 0 Å². The molecule has 0 saturated carbocycles. The van der Waals surface area contributed by atoms with Crippen LogP contribution in [0.3, 0.4) is 0 Å². The first-order valence-corrected chi connectivity index (χ1v) is 7.61. The summed E-state index contributed by atoms with van der Waals surface area (Å²) in [6, 6.07) is 3.11. The summed E-state index contributed by atoms with van der Waals surface area (Å²) in [5.41, 5.74) is 5.71. The number of aromatic carboxylic acids is 1. The van der Waals surface area contributed by atoms with E-state index in [0.717, 1.165) is 0 Å². The second-order valence-electron chi connectivity index (χ2n) is 6.39. The number of carboxylic acid groups (broad SMARTS) is 1. The third-order valence-corrected chi connectivity index (χ3v) is 4.44. The lowest BCUT2D eigenvalue weighted by atomic mass is 9.77. The monoisotopic (exact) mass is 338 g/mol. The fourth-order valence-corrected chi connectivity index (χ4v) is 2.30. The van der Waals surface area contributed by atoms with Crippen LogP contribution in [0.1, 0.15) is 43.7 Å². The molecule has 0 bridgehead atoms. The topological polar surface area (TPSA) is 94.7 Å². The quantitative estimate of drug-likeness (QED) is 0.646. The average Bonchev–Trinajstić information content (AvgIpc) is 2.65. The molecular weight excluding hydrogens is 318 g/mol. The van der Waals surface area contributed by atoms with Gasteiger partial charge in [-0.3, -0.25) is 0 Å². The van der Waals surface area contributed by atoms with Gasteiger partial charge in [-0.2, -0.15) is 0 Å². The van der Waals surface area contributed by atoms with E-state index in [1.165, 1.54) is 6.07 Å². The van der Waals surface area contributed by atoms with Crippen molar-refractivity contribution in [2.45, 2.75) is 38.9 Å². The molecule has 0 spiro atoms. The molecule has 0 aromatic carbocycles. The van der Waals surface area contributed by atoms with Gasteiger partial charge in [0.2, 0.25) is 0 Å². The van der Waals surface area contributed by atoms with Crippen molar-refractivity contribution < 1.29 is 19.2 Å². The molecule has 0 amide bonds. The van der Waals surface area contributed by atoms with Crippen molar-refractivity contribution in [2.75, 3.05) is 6.54 Å². The molecule has 1 aromatic rings. The van der Waals surface area contributed by atoms with Crippen molar-refractivity contribution in [3.05, 3.63) is 34.0 Å². The summed E-state index contributed by atoms with van der Waals surface area (Å²) < 4.78 is 11.9. The van der Waals surface area contributed by atoms with Crippen LogP contribution in [0.2, 0.25) is 5.15 Å². The van der Waals surface area contributed by atoms with E-state index in [1.54, 1.807) is 12.1 Å². The Hall–Kier alpha value is -1.41. The Morgan fingerprint density at radius 3 is 2.39 bits per heavy atom. The number of carbonyl (C=O) groups is 1. The third-order valence-electron chi connectivity index (χ3n) is 4.23. The minimum atomic E-state index is -1.16. The fourth-order valence-electron chi connectivity index (χ4n) is 2.15. The number of nitrogens with zero attached hydrogens (tertiary/aromatic N) is 1. The van der Waals surface area contributed by atoms with Crippen molar-refractivity contribution in [1.82, 2.24) is 4.98 Å². The summed E-state index contributed by atoms with van der Waals surface area (Å²) in [6.07, 6.45) is 1.63. The van der Waals surface area contributed by atoms with Gasteiger partial charge < -0.3 is 20.1 Å². The van der Waals surface area contributed by atoms with Crippen LogP contribution in [-0.2, 0) is 9.31 Å². The Morgan fingerprint density at radius 2 is 1.91 bits per heavy atom. The first kappa shape index (κ1) is 17.9. The lowest BCUT2D eigenvalue weighted by Gasteiger charge is -2.32. The molecular formula is C15H20BClN2O4. The molecule has 1 fully saturated rings. The molecule has 8 heteroatoms. The van der Waals surface area contributed by atoms with E-state index < -0.39 is 24.3 Å². The Morgan fingerprint density at radius 1 is 1.35 bits per heavy atom. The van der Waals surface area contributed by atoms with Gasteiger partial charge in [-0.25, -0.2) is 9.78 Å². The second kappa shape index (κ2) is 6.24. The maximum absolute atomic E-state index is 11.3. The van der Waals surface area contributed by atoms with Crippen LogP contribution in [0.15, 0.2) is 17.6 Å². The first-order chi connectivity index (χ1) is 10.6. The van der Waals surface area contributed by atoms with Crippen LogP contribution >= 0.6 is 11.6 Å². The van der Waals surface area contributed by atoms with Crippen molar-refractivity contribution in [3.8, 4) is 0 Å². The zero-order chi connectivity index (χ0) is 17.4. The molecule has 6 nitrogen and oxygen atoms in total. The van der Waals surface area contributed by atoms with Gasteiger partial charge in [0.1, 0.15) is 5.15 Å². The van der Waals surface area contributed by atoms with Gasteiger partial charge in [-0.15, -0.1) is 0 Å². The number of aromatic nitrogens is 1. The SMILES string of the molecule is CC1(C)OB(C(=Cc2ccc(Cl)nc2C(=O)O)CN)OC1(C)C. The summed E-state index contributed by atoms with van der Waals surface area (Å²) in [6.45, 7) is 7.92. The van der Waals surface area contributed by atoms with Crippen molar-refractivity contribution >= 4 is 30.8 Å². The molecule has 0 unspecified atom stereocenters. The molecule has 1 aliphatic heterocycles. The normalized spacial score (nSPS) is 19.9. The van der Waals surface area contributed by atoms with Crippen molar-refractivity contribution in [2.24, 2.45) is 5.73 Å². The lowest BCUT2D eigenvalue weighted by molar-refractivity contribution is 0.00578. The van der Waals surface area contributed by atoms with Crippen LogP contribution in [-0.4, -0.2) is 40.9 Å². The maximum Gasteiger partial charge on any atom is 0.491 e. The Labute approximate surface area is 140 Å². The number of rotatable bonds is 4. The molecule has 0 radical (unpaired) electrons. The van der Waals surface area contributed by atoms with E-state index in [2.05, 4.69) is 4.98 Å². The zero-order valence-corrected chi connectivity index (χ0v) is 14.3. The lowest BCUT2D eigenvalue weighted by Crippen LogP contribution is -2.41. The van der Waals surface area contributed by atoms with Crippen molar-refractivity contribution in [1.29, 1.82) is 0 Å². The number of nitrogens with two attached hydrogens (primary N) is 1. The molecule has 1 aromatic heterocycles. The molecule has 124 valence electrons. The van der Waals surface area contributed by atoms with Gasteiger partial charge in [-0.1, -0.05) is 17.7 Å². The average molecular weight is 339 g/mol. The summed E-state index contributed by atoms with van der Waals surface area (Å²) in [7, 11) is -0.637. The number of hydrogen-bond acceptors (Lipinski definition) is 5. The highest BCUT2D eigenvalue weighted by Crippen LogP contribution is 2.38. The van der Waals surface area contributed by atoms with Gasteiger partial charge in [0.25, 0.3) is 0 Å². The van der Waals surface area contributed by atoms with E-state index in [0.29, 0.717) is 11.0 Å². The second-order valence-corrected chi connectivity index (χ2v) is 6.78. The highest BCUT2D eigenvalue weighted by molar-refractivity contribution is 6.56. The number of halogens is 1. The van der Waals surface area contributed by atoms with Gasteiger partial charge in [0.05, 0.1) is 11.2 Å². The van der Waals surface area contributed by atoms with E-state index in [-0.39, 0.29) is 17.4 Å². The van der Waals surface area contributed by atoms with Gasteiger partial charge >= 0.3 is 13.1 Å². The fraction of sp³-hybridized carbons (Fsp3) is 0.467. The van der Waals surface area contributed by atoms with Crippen LogP contribution in [0.4, 0.5) is 0 Å². The van der Waals surface area contributed by atoms with Gasteiger partial charge in [0, 0.05) is 12.1 Å². The molecule has 1 saturated heterocycles. The third kappa shape index (κ3) is 3.58. The van der Waals surface area contributed by atoms with Crippen LogP contribution in [0, 0.1) is 0 Å². The Kier molecular flexibility index (Phi) is 4.87. The largest absolute Gasteiger partial charge is 0.491 e. The van der Waals surface area contributed by atoms with E-state index in [9.17, 15) is 9.90 Å². The van der Waals surface area contributed by atoms with E-state index in [4.69, 9.17) is 26.6 Å². The summed E-state index contributed by atoms with van der Waals surface area (Å²) in [5, 5.41) is 9.38. The number of carboxylic acids is 1. The highest BCUT2D eigenvalue weighted by Gasteiger charge is 2.52. The molecule has 3 N–H and O–H groups in total. The maximum atomic E-state index is 11.3. The number of hydrogen-bond donors (Lipinski definition) is 2. The summed E-state index contributed by atoms with van der Waals surface area (Å²) in [5.74, 6) is -1.16. The Bertz CT molecular complexity index is 645. The smallest absolute Gasteiger partial charge is 0.476 e. The predicted molar refractivity (Wildman–Crippen MR) is 89.3 cm³/mol. The molecule has 1 aliphatic rings. The highest BCUT2D eigenvalue weighted by atomic mass is 35.5. The molecule has 2 rings (SSSR count). The standard InChI is InChI=1S/C15H20BClN2O4/c1-14(2)15(3,4)23-16(22-14)10(8-18)7-9-5-6-11(17)19-12(9)13(20)21/h5-7H,8,18H2,1-4H3,(H,20,21). The molecule has 2 heterocycles. The predicted octanol–water partition coefficient (Wildman–Crippen LogP) is 2.41. The van der Waals surface area contributed by atoms with Gasteiger partial charge in [0.15, 0.2) is 5.69 Å². The molecule has 23 heavy (non-hydrogen) atoms. The van der Waals surface area contributed by atoms with Crippen LogP contribution < -0.4 is 5.73 Å². The minimum Gasteiger partial charge on any atom is -0.476 e. The first-order valence-electron chi connectivity index (χ1n) is 7.23. The van der Waals surface area contributed by atoms with E-state index >= 15 is 0 Å². The molecule has 0 aliphatic carbocycles. The zero-order valence-electron chi connectivity index (χ0n) is 13.6. The van der Waals surface area contributed by atoms with Crippen LogP contribution in [0.5, 0.6) is 0 Å². The van der Waals surface area contributed by atoms with E-state index in [1.807, 2.05) is 27.7 Å². The van der Waals surface area contributed by atoms with Crippen LogP contribution in [0.25, 0.3) is 6.08 Å². The van der Waals surface area contributed by atoms with Gasteiger partial charge in [-0.05, 0) is 45.3 Å².